The predicted molar refractivity (Wildman–Crippen MR) is 72.2 cm³/mol. The van der Waals surface area contributed by atoms with E-state index in [0.717, 1.165) is 24.1 Å². The Hall–Kier alpha value is -1.36. The number of amides is 1. The number of nitrogens with zero attached hydrogens (tertiary/aromatic N) is 2. The highest BCUT2D eigenvalue weighted by molar-refractivity contribution is 5.78. The molecule has 2 N–H and O–H groups in total. The molecular formula is C13H24N4O. The summed E-state index contributed by atoms with van der Waals surface area (Å²) in [6.45, 7) is 7.16. The molecule has 0 spiro atoms. The van der Waals surface area contributed by atoms with Crippen LogP contribution in [0.15, 0.2) is 6.20 Å². The lowest BCUT2D eigenvalue weighted by Gasteiger charge is -2.11. The Morgan fingerprint density at radius 1 is 1.50 bits per heavy atom. The molecule has 5 nitrogen and oxygen atoms in total. The summed E-state index contributed by atoms with van der Waals surface area (Å²) in [5.41, 5.74) is 2.14. The van der Waals surface area contributed by atoms with Crippen LogP contribution < -0.4 is 10.6 Å². The standard InChI is InChI=1S/C13H24N4O/c1-5-10(3)14-8-13(18)15-7-11-9-17(4)16-12(11)6-2/h9-10,14H,5-8H2,1-4H3,(H,15,18). The van der Waals surface area contributed by atoms with Gasteiger partial charge in [0.2, 0.25) is 5.91 Å². The van der Waals surface area contributed by atoms with Gasteiger partial charge in [-0.2, -0.15) is 5.10 Å². The minimum absolute atomic E-state index is 0.0289. The van der Waals surface area contributed by atoms with Crippen molar-refractivity contribution >= 4 is 5.91 Å². The summed E-state index contributed by atoms with van der Waals surface area (Å²) in [5, 5.41) is 10.4. The molecule has 0 aliphatic rings. The Morgan fingerprint density at radius 2 is 2.22 bits per heavy atom. The van der Waals surface area contributed by atoms with E-state index in [9.17, 15) is 4.79 Å². The second kappa shape index (κ2) is 7.16. The summed E-state index contributed by atoms with van der Waals surface area (Å²) in [6, 6.07) is 0.375. The van der Waals surface area contributed by atoms with Gasteiger partial charge in [0.25, 0.3) is 0 Å². The van der Waals surface area contributed by atoms with Crippen molar-refractivity contribution in [1.82, 2.24) is 20.4 Å². The number of carbonyl (C=O) groups excluding carboxylic acids is 1. The first-order chi connectivity index (χ1) is 8.56. The maximum Gasteiger partial charge on any atom is 0.234 e. The molecule has 0 aliphatic carbocycles. The highest BCUT2D eigenvalue weighted by atomic mass is 16.1. The van der Waals surface area contributed by atoms with Crippen molar-refractivity contribution < 1.29 is 4.79 Å². The van der Waals surface area contributed by atoms with Gasteiger partial charge < -0.3 is 10.6 Å². The summed E-state index contributed by atoms with van der Waals surface area (Å²) in [7, 11) is 1.90. The summed E-state index contributed by atoms with van der Waals surface area (Å²) < 4.78 is 1.79. The Kier molecular flexibility index (Phi) is 5.85. The molecule has 1 atom stereocenters. The smallest absolute Gasteiger partial charge is 0.234 e. The van der Waals surface area contributed by atoms with Gasteiger partial charge in [-0.25, -0.2) is 0 Å². The lowest BCUT2D eigenvalue weighted by atomic mass is 10.2. The molecule has 1 aromatic heterocycles. The number of carbonyl (C=O) groups is 1. The van der Waals surface area contributed by atoms with Crippen LogP contribution >= 0.6 is 0 Å². The third-order valence-corrected chi connectivity index (χ3v) is 3.03. The van der Waals surface area contributed by atoms with Crippen molar-refractivity contribution in [2.45, 2.75) is 46.2 Å². The van der Waals surface area contributed by atoms with Crippen LogP contribution in [0.3, 0.4) is 0 Å². The number of aryl methyl sites for hydroxylation is 2. The number of hydrogen-bond donors (Lipinski definition) is 2. The highest BCUT2D eigenvalue weighted by Crippen LogP contribution is 2.06. The van der Waals surface area contributed by atoms with E-state index >= 15 is 0 Å². The van der Waals surface area contributed by atoms with Crippen molar-refractivity contribution in [3.63, 3.8) is 0 Å². The fourth-order valence-corrected chi connectivity index (χ4v) is 1.70. The predicted octanol–water partition coefficient (Wildman–Crippen LogP) is 0.987. The third kappa shape index (κ3) is 4.49. The fourth-order valence-electron chi connectivity index (χ4n) is 1.70. The average Bonchev–Trinajstić information content (AvgIpc) is 2.73. The summed E-state index contributed by atoms with van der Waals surface area (Å²) in [5.74, 6) is 0.0289. The summed E-state index contributed by atoms with van der Waals surface area (Å²) in [6.07, 6.45) is 3.87. The summed E-state index contributed by atoms with van der Waals surface area (Å²) in [4.78, 5) is 11.6. The van der Waals surface area contributed by atoms with Gasteiger partial charge in [-0.05, 0) is 19.8 Å². The topological polar surface area (TPSA) is 59.0 Å². The van der Waals surface area contributed by atoms with E-state index in [2.05, 4.69) is 36.5 Å². The highest BCUT2D eigenvalue weighted by Gasteiger charge is 2.08. The molecule has 1 amide bonds. The Bertz CT molecular complexity index is 386. The molecule has 1 rings (SSSR count). The van der Waals surface area contributed by atoms with Crippen LogP contribution in [0.25, 0.3) is 0 Å². The van der Waals surface area contributed by atoms with E-state index < -0.39 is 0 Å². The van der Waals surface area contributed by atoms with Gasteiger partial charge in [0.15, 0.2) is 0 Å². The van der Waals surface area contributed by atoms with Gasteiger partial charge in [-0.15, -0.1) is 0 Å². The maximum absolute atomic E-state index is 11.6. The van der Waals surface area contributed by atoms with Crippen molar-refractivity contribution in [2.75, 3.05) is 6.54 Å². The zero-order valence-electron chi connectivity index (χ0n) is 11.8. The van der Waals surface area contributed by atoms with Crippen LogP contribution in [0.1, 0.15) is 38.4 Å². The third-order valence-electron chi connectivity index (χ3n) is 3.03. The monoisotopic (exact) mass is 252 g/mol. The zero-order chi connectivity index (χ0) is 13.5. The van der Waals surface area contributed by atoms with Gasteiger partial charge in [-0.1, -0.05) is 13.8 Å². The summed E-state index contributed by atoms with van der Waals surface area (Å²) >= 11 is 0. The van der Waals surface area contributed by atoms with Crippen LogP contribution in [0.2, 0.25) is 0 Å². The first kappa shape index (κ1) is 14.7. The Labute approximate surface area is 109 Å². The Balaban J connectivity index is 2.37. The quantitative estimate of drug-likeness (QED) is 0.761. The van der Waals surface area contributed by atoms with Crippen LogP contribution in [0.4, 0.5) is 0 Å². The van der Waals surface area contributed by atoms with Crippen molar-refractivity contribution in [2.24, 2.45) is 7.05 Å². The van der Waals surface area contributed by atoms with Crippen LogP contribution in [-0.2, 0) is 24.8 Å². The van der Waals surface area contributed by atoms with Crippen LogP contribution in [0, 0.1) is 0 Å². The molecule has 5 heteroatoms. The van der Waals surface area contributed by atoms with Gasteiger partial charge in [0.05, 0.1) is 12.2 Å². The van der Waals surface area contributed by atoms with E-state index in [-0.39, 0.29) is 5.91 Å². The van der Waals surface area contributed by atoms with E-state index in [1.807, 2.05) is 13.2 Å². The second-order valence-electron chi connectivity index (χ2n) is 4.60. The molecule has 0 bridgehead atoms. The zero-order valence-corrected chi connectivity index (χ0v) is 11.8. The van der Waals surface area contributed by atoms with E-state index in [4.69, 9.17) is 0 Å². The van der Waals surface area contributed by atoms with Crippen molar-refractivity contribution in [3.8, 4) is 0 Å². The van der Waals surface area contributed by atoms with Gasteiger partial charge >= 0.3 is 0 Å². The SMILES string of the molecule is CCc1nn(C)cc1CNC(=O)CNC(C)CC. The van der Waals surface area contributed by atoms with Gasteiger partial charge in [-0.3, -0.25) is 9.48 Å². The van der Waals surface area contributed by atoms with Crippen LogP contribution in [0.5, 0.6) is 0 Å². The van der Waals surface area contributed by atoms with Gasteiger partial charge in [0.1, 0.15) is 0 Å². The maximum atomic E-state index is 11.6. The van der Waals surface area contributed by atoms with E-state index in [1.54, 1.807) is 4.68 Å². The number of hydrogen-bond acceptors (Lipinski definition) is 3. The molecule has 0 aromatic carbocycles. The molecule has 1 unspecified atom stereocenters. The minimum Gasteiger partial charge on any atom is -0.351 e. The molecule has 18 heavy (non-hydrogen) atoms. The average molecular weight is 252 g/mol. The van der Waals surface area contributed by atoms with E-state index in [1.165, 1.54) is 0 Å². The first-order valence-electron chi connectivity index (χ1n) is 6.58. The molecule has 0 radical (unpaired) electrons. The fraction of sp³-hybridized carbons (Fsp3) is 0.692. The lowest BCUT2D eigenvalue weighted by molar-refractivity contribution is -0.120. The molecule has 1 heterocycles. The lowest BCUT2D eigenvalue weighted by Crippen LogP contribution is -2.37. The minimum atomic E-state index is 0.0289. The number of nitrogens with one attached hydrogen (secondary N) is 2. The molecule has 1 aromatic rings. The van der Waals surface area contributed by atoms with Crippen molar-refractivity contribution in [1.29, 1.82) is 0 Å². The molecule has 0 saturated carbocycles. The van der Waals surface area contributed by atoms with Crippen LogP contribution in [-0.4, -0.2) is 28.3 Å². The second-order valence-corrected chi connectivity index (χ2v) is 4.60. The largest absolute Gasteiger partial charge is 0.351 e. The molecular weight excluding hydrogens is 228 g/mol. The normalized spacial score (nSPS) is 12.4. The molecule has 102 valence electrons. The number of aromatic nitrogens is 2. The first-order valence-corrected chi connectivity index (χ1v) is 6.58. The molecule has 0 fully saturated rings. The Morgan fingerprint density at radius 3 is 2.83 bits per heavy atom. The van der Waals surface area contributed by atoms with Gasteiger partial charge in [0, 0.05) is 31.4 Å². The molecule has 0 aliphatic heterocycles. The van der Waals surface area contributed by atoms with Crippen molar-refractivity contribution in [3.05, 3.63) is 17.5 Å². The van der Waals surface area contributed by atoms with E-state index in [0.29, 0.717) is 19.1 Å². The molecule has 0 saturated heterocycles. The number of rotatable bonds is 7.